The second kappa shape index (κ2) is 6.72. The number of benzene rings is 1. The molecule has 14 heavy (non-hydrogen) atoms. The van der Waals surface area contributed by atoms with Gasteiger partial charge in [0.15, 0.2) is 0 Å². The molecular formula is C11H16NOP. The Morgan fingerprint density at radius 2 is 2.14 bits per heavy atom. The summed E-state index contributed by atoms with van der Waals surface area (Å²) in [6.45, 7) is 7.28. The first-order valence-electron chi connectivity index (χ1n) is 4.69. The van der Waals surface area contributed by atoms with Crippen LogP contribution in [0.1, 0.15) is 12.5 Å². The van der Waals surface area contributed by atoms with Crippen LogP contribution >= 0.6 is 8.30 Å². The van der Waals surface area contributed by atoms with Crippen molar-refractivity contribution in [2.45, 2.75) is 13.5 Å². The van der Waals surface area contributed by atoms with Crippen molar-refractivity contribution in [3.8, 4) is 0 Å². The highest BCUT2D eigenvalue weighted by atomic mass is 31.2. The Kier molecular flexibility index (Phi) is 5.46. The van der Waals surface area contributed by atoms with Crippen molar-refractivity contribution in [1.29, 1.82) is 0 Å². The maximum atomic E-state index is 5.45. The van der Waals surface area contributed by atoms with Gasteiger partial charge in [-0.3, -0.25) is 5.09 Å². The Hall–Kier alpha value is -0.690. The molecule has 1 N–H and O–H groups in total. The van der Waals surface area contributed by atoms with E-state index in [4.69, 9.17) is 4.52 Å². The monoisotopic (exact) mass is 209 g/mol. The quantitative estimate of drug-likeness (QED) is 0.726. The van der Waals surface area contributed by atoms with Gasteiger partial charge in [-0.05, 0) is 18.3 Å². The number of rotatable bonds is 6. The van der Waals surface area contributed by atoms with Crippen LogP contribution in [0.25, 0.3) is 0 Å². The van der Waals surface area contributed by atoms with Crippen molar-refractivity contribution in [2.24, 2.45) is 0 Å². The summed E-state index contributed by atoms with van der Waals surface area (Å²) in [6, 6.07) is 10.3. The SMILES string of the molecule is C=CP(NCc1ccccc1)OCC. The van der Waals surface area contributed by atoms with Gasteiger partial charge in [-0.2, -0.15) is 0 Å². The van der Waals surface area contributed by atoms with E-state index in [1.807, 2.05) is 30.9 Å². The molecule has 0 saturated carbocycles. The van der Waals surface area contributed by atoms with Gasteiger partial charge in [-0.1, -0.05) is 36.9 Å². The minimum absolute atomic E-state index is 0.668. The van der Waals surface area contributed by atoms with Gasteiger partial charge in [-0.15, -0.1) is 0 Å². The maximum absolute atomic E-state index is 5.45. The molecule has 0 heterocycles. The van der Waals surface area contributed by atoms with Crippen molar-refractivity contribution >= 4 is 8.30 Å². The Bertz CT molecular complexity index is 263. The van der Waals surface area contributed by atoms with Crippen molar-refractivity contribution in [3.05, 3.63) is 48.3 Å². The molecule has 1 unspecified atom stereocenters. The van der Waals surface area contributed by atoms with Crippen LogP contribution in [-0.4, -0.2) is 6.61 Å². The van der Waals surface area contributed by atoms with Crippen LogP contribution in [0.3, 0.4) is 0 Å². The number of nitrogens with one attached hydrogen (secondary N) is 1. The largest absolute Gasteiger partial charge is 0.341 e. The van der Waals surface area contributed by atoms with Crippen LogP contribution < -0.4 is 5.09 Å². The zero-order valence-corrected chi connectivity index (χ0v) is 9.34. The third kappa shape index (κ3) is 4.01. The minimum atomic E-state index is -0.668. The van der Waals surface area contributed by atoms with Gasteiger partial charge in [0.1, 0.15) is 8.30 Å². The summed E-state index contributed by atoms with van der Waals surface area (Å²) in [5, 5.41) is 3.31. The minimum Gasteiger partial charge on any atom is -0.341 e. The van der Waals surface area contributed by atoms with Gasteiger partial charge in [-0.25, -0.2) is 0 Å². The van der Waals surface area contributed by atoms with Gasteiger partial charge in [0.05, 0.1) is 0 Å². The fourth-order valence-electron chi connectivity index (χ4n) is 1.07. The van der Waals surface area contributed by atoms with E-state index in [-0.39, 0.29) is 0 Å². The first-order chi connectivity index (χ1) is 6.86. The molecule has 0 aliphatic carbocycles. The molecule has 0 saturated heterocycles. The van der Waals surface area contributed by atoms with Gasteiger partial charge >= 0.3 is 0 Å². The van der Waals surface area contributed by atoms with E-state index in [1.165, 1.54) is 5.56 Å². The lowest BCUT2D eigenvalue weighted by molar-refractivity contribution is 0.376. The molecule has 0 spiro atoms. The standard InChI is InChI=1S/C11H16NOP/c1-3-13-14(4-2)12-10-11-8-6-5-7-9-11/h4-9,12H,2-3,10H2,1H3. The second-order valence-corrected chi connectivity index (χ2v) is 4.34. The summed E-state index contributed by atoms with van der Waals surface area (Å²) >= 11 is 0. The van der Waals surface area contributed by atoms with Crippen LogP contribution in [0, 0.1) is 0 Å². The van der Waals surface area contributed by atoms with Crippen molar-refractivity contribution in [3.63, 3.8) is 0 Å². The normalized spacial score (nSPS) is 12.4. The maximum Gasteiger partial charge on any atom is 0.126 e. The van der Waals surface area contributed by atoms with E-state index in [2.05, 4.69) is 23.8 Å². The first-order valence-corrected chi connectivity index (χ1v) is 6.01. The van der Waals surface area contributed by atoms with Gasteiger partial charge in [0.2, 0.25) is 0 Å². The molecule has 1 aromatic carbocycles. The highest BCUT2D eigenvalue weighted by molar-refractivity contribution is 7.53. The van der Waals surface area contributed by atoms with Crippen molar-refractivity contribution < 1.29 is 4.52 Å². The van der Waals surface area contributed by atoms with Gasteiger partial charge < -0.3 is 4.52 Å². The molecule has 0 amide bonds. The number of hydrogen-bond donors (Lipinski definition) is 1. The molecule has 2 nitrogen and oxygen atoms in total. The Morgan fingerprint density at radius 3 is 2.71 bits per heavy atom. The summed E-state index contributed by atoms with van der Waals surface area (Å²) in [7, 11) is -0.668. The van der Waals surface area contributed by atoms with Crippen LogP contribution in [-0.2, 0) is 11.1 Å². The van der Waals surface area contributed by atoms with E-state index < -0.39 is 8.30 Å². The van der Waals surface area contributed by atoms with E-state index >= 15 is 0 Å². The number of hydrogen-bond acceptors (Lipinski definition) is 2. The van der Waals surface area contributed by atoms with Crippen molar-refractivity contribution in [1.82, 2.24) is 5.09 Å². The lowest BCUT2D eigenvalue weighted by atomic mass is 10.2. The average Bonchev–Trinajstić information content (AvgIpc) is 2.25. The smallest absolute Gasteiger partial charge is 0.126 e. The fraction of sp³-hybridized carbons (Fsp3) is 0.273. The topological polar surface area (TPSA) is 21.3 Å². The first kappa shape index (κ1) is 11.4. The Labute approximate surface area is 86.9 Å². The molecule has 1 aromatic rings. The zero-order valence-electron chi connectivity index (χ0n) is 8.44. The van der Waals surface area contributed by atoms with Crippen LogP contribution in [0.2, 0.25) is 0 Å². The summed E-state index contributed by atoms with van der Waals surface area (Å²) in [6.07, 6.45) is 0. The highest BCUT2D eigenvalue weighted by Gasteiger charge is 2.01. The second-order valence-electron chi connectivity index (χ2n) is 2.75. The summed E-state index contributed by atoms with van der Waals surface area (Å²) in [4.78, 5) is 0. The molecule has 76 valence electrons. The lowest BCUT2D eigenvalue weighted by Crippen LogP contribution is -2.06. The summed E-state index contributed by atoms with van der Waals surface area (Å²) < 4.78 is 5.45. The van der Waals surface area contributed by atoms with E-state index in [0.29, 0.717) is 0 Å². The van der Waals surface area contributed by atoms with Gasteiger partial charge in [0, 0.05) is 13.2 Å². The average molecular weight is 209 g/mol. The molecule has 3 heteroatoms. The fourth-order valence-corrected chi connectivity index (χ4v) is 2.01. The third-order valence-corrected chi connectivity index (χ3v) is 3.05. The molecule has 0 aliphatic rings. The molecule has 1 atom stereocenters. The Morgan fingerprint density at radius 1 is 1.43 bits per heavy atom. The predicted octanol–water partition coefficient (Wildman–Crippen LogP) is 3.27. The van der Waals surface area contributed by atoms with Crippen molar-refractivity contribution in [2.75, 3.05) is 6.61 Å². The van der Waals surface area contributed by atoms with E-state index in [9.17, 15) is 0 Å². The molecule has 0 radical (unpaired) electrons. The Balaban J connectivity index is 2.35. The van der Waals surface area contributed by atoms with E-state index in [0.717, 1.165) is 13.2 Å². The van der Waals surface area contributed by atoms with Crippen LogP contribution in [0.15, 0.2) is 42.7 Å². The van der Waals surface area contributed by atoms with Gasteiger partial charge in [0.25, 0.3) is 0 Å². The summed E-state index contributed by atoms with van der Waals surface area (Å²) in [5.41, 5.74) is 1.27. The molecule has 0 aliphatic heterocycles. The third-order valence-electron chi connectivity index (χ3n) is 1.72. The zero-order chi connectivity index (χ0) is 10.2. The summed E-state index contributed by atoms with van der Waals surface area (Å²) in [5.74, 6) is 1.84. The van der Waals surface area contributed by atoms with E-state index in [1.54, 1.807) is 0 Å². The molecular weight excluding hydrogens is 193 g/mol. The highest BCUT2D eigenvalue weighted by Crippen LogP contribution is 2.32. The molecule has 0 aromatic heterocycles. The predicted molar refractivity (Wildman–Crippen MR) is 62.0 cm³/mol. The lowest BCUT2D eigenvalue weighted by Gasteiger charge is -2.13. The molecule has 0 bridgehead atoms. The van der Waals surface area contributed by atoms with Crippen LogP contribution in [0.5, 0.6) is 0 Å². The molecule has 0 fully saturated rings. The van der Waals surface area contributed by atoms with Crippen LogP contribution in [0.4, 0.5) is 0 Å². The molecule has 1 rings (SSSR count).